The first-order valence-corrected chi connectivity index (χ1v) is 6.22. The van der Waals surface area contributed by atoms with E-state index in [4.69, 9.17) is 0 Å². The lowest BCUT2D eigenvalue weighted by Gasteiger charge is -2.05. The third-order valence-electron chi connectivity index (χ3n) is 2.37. The Morgan fingerprint density at radius 3 is 2.73 bits per heavy atom. The first kappa shape index (κ1) is 10.6. The average molecular weight is 220 g/mol. The highest BCUT2D eigenvalue weighted by atomic mass is 32.2. The summed E-state index contributed by atoms with van der Waals surface area (Å²) in [5.41, 5.74) is 2.67. The summed E-state index contributed by atoms with van der Waals surface area (Å²) >= 11 is 1.79. The van der Waals surface area contributed by atoms with Crippen molar-refractivity contribution in [2.75, 3.05) is 6.54 Å². The number of benzene rings is 1. The van der Waals surface area contributed by atoms with Gasteiger partial charge < -0.3 is 5.32 Å². The normalized spacial score (nSPS) is 19.9. The highest BCUT2D eigenvalue weighted by molar-refractivity contribution is 8.13. The van der Waals surface area contributed by atoms with E-state index in [0.717, 1.165) is 17.5 Å². The van der Waals surface area contributed by atoms with Gasteiger partial charge in [0.25, 0.3) is 0 Å². The van der Waals surface area contributed by atoms with Crippen LogP contribution in [0, 0.1) is 6.92 Å². The number of amidine groups is 1. The summed E-state index contributed by atoms with van der Waals surface area (Å²) in [5.74, 6) is 0.999. The van der Waals surface area contributed by atoms with Crippen molar-refractivity contribution in [3.8, 4) is 0 Å². The molecule has 1 heterocycles. The molecule has 1 aliphatic heterocycles. The van der Waals surface area contributed by atoms with Crippen LogP contribution in [0.25, 0.3) is 0 Å². The molecule has 0 spiro atoms. The highest BCUT2D eigenvalue weighted by Crippen LogP contribution is 2.16. The maximum absolute atomic E-state index is 4.42. The van der Waals surface area contributed by atoms with E-state index < -0.39 is 0 Å². The van der Waals surface area contributed by atoms with Crippen LogP contribution in [0.3, 0.4) is 0 Å². The summed E-state index contributed by atoms with van der Waals surface area (Å²) < 4.78 is 0. The molecular weight excluding hydrogens is 204 g/mol. The number of thioether (sulfide) groups is 1. The second-order valence-electron chi connectivity index (χ2n) is 3.97. The molecule has 1 aromatic carbocycles. The fourth-order valence-electron chi connectivity index (χ4n) is 1.45. The monoisotopic (exact) mass is 220 g/mol. The third-order valence-corrected chi connectivity index (χ3v) is 3.37. The lowest BCUT2D eigenvalue weighted by molar-refractivity contribution is 0.728. The fraction of sp³-hybridized carbons (Fsp3) is 0.417. The number of aliphatic imine (C=N–C) groups is 1. The number of nitrogens with one attached hydrogen (secondary N) is 1. The van der Waals surface area contributed by atoms with Crippen LogP contribution >= 0.6 is 11.8 Å². The molecule has 0 radical (unpaired) electrons. The molecule has 15 heavy (non-hydrogen) atoms. The Morgan fingerprint density at radius 2 is 2.13 bits per heavy atom. The minimum Gasteiger partial charge on any atom is -0.361 e. The van der Waals surface area contributed by atoms with Gasteiger partial charge in [-0.3, -0.25) is 4.99 Å². The summed E-state index contributed by atoms with van der Waals surface area (Å²) in [6.07, 6.45) is 0. The molecule has 2 rings (SSSR count). The number of hydrogen-bond donors (Lipinski definition) is 1. The third kappa shape index (κ3) is 2.99. The molecule has 0 aliphatic carbocycles. The predicted molar refractivity (Wildman–Crippen MR) is 67.4 cm³/mol. The minimum absolute atomic E-state index is 0.505. The molecule has 0 amide bonds. The number of aryl methyl sites for hydroxylation is 1. The molecule has 0 bridgehead atoms. The Balaban J connectivity index is 1.86. The molecule has 0 saturated carbocycles. The zero-order valence-electron chi connectivity index (χ0n) is 9.16. The van der Waals surface area contributed by atoms with Crippen LogP contribution in [0.4, 0.5) is 0 Å². The Morgan fingerprint density at radius 1 is 1.40 bits per heavy atom. The van der Waals surface area contributed by atoms with Gasteiger partial charge in [-0.1, -0.05) is 41.6 Å². The van der Waals surface area contributed by atoms with Gasteiger partial charge in [0.15, 0.2) is 5.17 Å². The van der Waals surface area contributed by atoms with E-state index in [9.17, 15) is 0 Å². The van der Waals surface area contributed by atoms with Crippen LogP contribution in [0.15, 0.2) is 29.3 Å². The maximum Gasteiger partial charge on any atom is 0.157 e. The van der Waals surface area contributed by atoms with Gasteiger partial charge in [0.2, 0.25) is 0 Å². The van der Waals surface area contributed by atoms with E-state index >= 15 is 0 Å². The van der Waals surface area contributed by atoms with Crippen molar-refractivity contribution in [3.05, 3.63) is 35.4 Å². The Hall–Kier alpha value is -0.960. The van der Waals surface area contributed by atoms with Gasteiger partial charge in [-0.2, -0.15) is 0 Å². The van der Waals surface area contributed by atoms with E-state index in [2.05, 4.69) is 48.4 Å². The van der Waals surface area contributed by atoms with Crippen molar-refractivity contribution in [1.29, 1.82) is 0 Å². The lowest BCUT2D eigenvalue weighted by atomic mass is 10.2. The van der Waals surface area contributed by atoms with Crippen molar-refractivity contribution in [3.63, 3.8) is 0 Å². The molecule has 1 atom stereocenters. The quantitative estimate of drug-likeness (QED) is 0.828. The second-order valence-corrected chi connectivity index (χ2v) is 4.93. The Labute approximate surface area is 95.2 Å². The van der Waals surface area contributed by atoms with E-state index in [-0.39, 0.29) is 0 Å². The molecule has 3 heteroatoms. The number of hydrogen-bond acceptors (Lipinski definition) is 3. The Bertz CT molecular complexity index is 356. The number of rotatable bonds is 2. The van der Waals surface area contributed by atoms with Gasteiger partial charge in [0, 0.05) is 11.8 Å². The van der Waals surface area contributed by atoms with Gasteiger partial charge in [-0.25, -0.2) is 0 Å². The van der Waals surface area contributed by atoms with E-state index in [0.29, 0.717) is 6.04 Å². The van der Waals surface area contributed by atoms with Crippen LogP contribution in [0.2, 0.25) is 0 Å². The molecule has 0 saturated heterocycles. The van der Waals surface area contributed by atoms with Crippen LogP contribution in [-0.2, 0) is 5.75 Å². The maximum atomic E-state index is 4.42. The molecule has 0 fully saturated rings. The van der Waals surface area contributed by atoms with E-state index in [1.807, 2.05) is 0 Å². The first-order valence-electron chi connectivity index (χ1n) is 5.23. The van der Waals surface area contributed by atoms with Crippen LogP contribution in [0.1, 0.15) is 18.1 Å². The summed E-state index contributed by atoms with van der Waals surface area (Å²) in [4.78, 5) is 4.42. The van der Waals surface area contributed by atoms with Crippen molar-refractivity contribution >= 4 is 16.9 Å². The molecule has 1 aliphatic rings. The van der Waals surface area contributed by atoms with Gasteiger partial charge in [0.05, 0.1) is 6.54 Å². The molecule has 1 N–H and O–H groups in total. The van der Waals surface area contributed by atoms with Crippen LogP contribution < -0.4 is 5.32 Å². The van der Waals surface area contributed by atoms with Gasteiger partial charge in [-0.05, 0) is 19.4 Å². The van der Waals surface area contributed by atoms with Crippen LogP contribution in [0.5, 0.6) is 0 Å². The molecule has 0 aromatic heterocycles. The molecule has 1 aromatic rings. The molecule has 2 nitrogen and oxygen atoms in total. The van der Waals surface area contributed by atoms with Crippen LogP contribution in [-0.4, -0.2) is 17.8 Å². The highest BCUT2D eigenvalue weighted by Gasteiger charge is 2.12. The summed E-state index contributed by atoms with van der Waals surface area (Å²) in [6.45, 7) is 5.18. The summed E-state index contributed by atoms with van der Waals surface area (Å²) in [5, 5.41) is 4.43. The standard InChI is InChI=1S/C12H16N2S/c1-9-3-5-11(6-4-9)8-15-12-13-7-10(2)14-12/h3-6,10H,7-8H2,1-2H3,(H,13,14)/t10-/m1/s1. The smallest absolute Gasteiger partial charge is 0.157 e. The topological polar surface area (TPSA) is 24.4 Å². The van der Waals surface area contributed by atoms with Gasteiger partial charge in [-0.15, -0.1) is 0 Å². The van der Waals surface area contributed by atoms with Crippen molar-refractivity contribution < 1.29 is 0 Å². The molecule has 80 valence electrons. The summed E-state index contributed by atoms with van der Waals surface area (Å²) in [6, 6.07) is 9.18. The Kier molecular flexibility index (Phi) is 3.31. The number of nitrogens with zero attached hydrogens (tertiary/aromatic N) is 1. The lowest BCUT2D eigenvalue weighted by Crippen LogP contribution is -2.25. The fourth-order valence-corrected chi connectivity index (χ4v) is 2.39. The minimum atomic E-state index is 0.505. The van der Waals surface area contributed by atoms with Gasteiger partial charge >= 0.3 is 0 Å². The van der Waals surface area contributed by atoms with E-state index in [1.54, 1.807) is 11.8 Å². The van der Waals surface area contributed by atoms with Crippen molar-refractivity contribution in [2.24, 2.45) is 4.99 Å². The SMILES string of the molecule is Cc1ccc(CSC2=NC[C@@H](C)N2)cc1. The summed E-state index contributed by atoms with van der Waals surface area (Å²) in [7, 11) is 0. The zero-order chi connectivity index (χ0) is 10.7. The second kappa shape index (κ2) is 4.71. The zero-order valence-corrected chi connectivity index (χ0v) is 9.97. The average Bonchev–Trinajstić information content (AvgIpc) is 2.64. The molecular formula is C12H16N2S. The van der Waals surface area contributed by atoms with Gasteiger partial charge in [0.1, 0.15) is 0 Å². The largest absolute Gasteiger partial charge is 0.361 e. The van der Waals surface area contributed by atoms with E-state index in [1.165, 1.54) is 11.1 Å². The molecule has 0 unspecified atom stereocenters. The predicted octanol–water partition coefficient (Wildman–Crippen LogP) is 2.58. The first-order chi connectivity index (χ1) is 7.24. The van der Waals surface area contributed by atoms with Crippen molar-refractivity contribution in [1.82, 2.24) is 5.32 Å². The van der Waals surface area contributed by atoms with Crippen molar-refractivity contribution in [2.45, 2.75) is 25.6 Å².